The van der Waals surface area contributed by atoms with Gasteiger partial charge in [-0.1, -0.05) is 12.1 Å². The summed E-state index contributed by atoms with van der Waals surface area (Å²) in [7, 11) is -2.20. The molecule has 0 aliphatic carbocycles. The number of carbonyl (C=O) groups is 2. The summed E-state index contributed by atoms with van der Waals surface area (Å²) < 4.78 is 30.5. The molecule has 7 heteroatoms. The molecule has 0 aliphatic heterocycles. The molecular weight excluding hydrogens is 282 g/mol. The van der Waals surface area contributed by atoms with Crippen molar-refractivity contribution in [2.24, 2.45) is 0 Å². The highest BCUT2D eigenvalue weighted by Crippen LogP contribution is 2.13. The van der Waals surface area contributed by atoms with E-state index >= 15 is 0 Å². The first-order valence-corrected chi connectivity index (χ1v) is 7.72. The quantitative estimate of drug-likeness (QED) is 0.571. The van der Waals surface area contributed by atoms with Crippen LogP contribution in [0.4, 0.5) is 0 Å². The van der Waals surface area contributed by atoms with E-state index in [4.69, 9.17) is 4.74 Å². The summed E-state index contributed by atoms with van der Waals surface area (Å²) in [4.78, 5) is 21.5. The number of hydrogen-bond donors (Lipinski definition) is 1. The second kappa shape index (κ2) is 7.64. The molecule has 1 aromatic carbocycles. The van der Waals surface area contributed by atoms with Crippen LogP contribution < -0.4 is 9.46 Å². The van der Waals surface area contributed by atoms with Crippen molar-refractivity contribution in [3.63, 3.8) is 0 Å². The molecule has 1 rings (SSSR count). The fraction of sp³-hybridized carbons (Fsp3) is 0.385. The number of hydrogen-bond acceptors (Lipinski definition) is 5. The second-order valence-corrected chi connectivity index (χ2v) is 5.91. The van der Waals surface area contributed by atoms with Gasteiger partial charge in [-0.2, -0.15) is 0 Å². The number of nitrogens with one attached hydrogen (secondary N) is 1. The lowest BCUT2D eigenvalue weighted by Crippen LogP contribution is -2.31. The largest absolute Gasteiger partial charge is 0.497 e. The smallest absolute Gasteiger partial charge is 0.239 e. The Morgan fingerprint density at radius 3 is 2.50 bits per heavy atom. The van der Waals surface area contributed by atoms with Crippen LogP contribution in [-0.2, 0) is 25.4 Å². The number of benzene rings is 1. The van der Waals surface area contributed by atoms with Crippen LogP contribution in [0.1, 0.15) is 24.8 Å². The minimum atomic E-state index is -3.72. The second-order valence-electron chi connectivity index (χ2n) is 4.19. The molecule has 0 saturated heterocycles. The lowest BCUT2D eigenvalue weighted by Gasteiger charge is -2.07. The molecule has 6 nitrogen and oxygen atoms in total. The fourth-order valence-electron chi connectivity index (χ4n) is 1.55. The molecule has 0 saturated carbocycles. The molecule has 0 radical (unpaired) electrons. The number of aldehydes is 1. The van der Waals surface area contributed by atoms with Crippen LogP contribution in [-0.4, -0.2) is 27.7 Å². The summed E-state index contributed by atoms with van der Waals surface area (Å²) >= 11 is 0. The van der Waals surface area contributed by atoms with Crippen molar-refractivity contribution in [1.82, 2.24) is 4.72 Å². The van der Waals surface area contributed by atoms with Crippen LogP contribution in [0.15, 0.2) is 24.3 Å². The van der Waals surface area contributed by atoms with Gasteiger partial charge in [0.05, 0.1) is 12.9 Å². The Bertz CT molecular complexity index is 551. The zero-order valence-electron chi connectivity index (χ0n) is 11.2. The molecule has 0 heterocycles. The van der Waals surface area contributed by atoms with Gasteiger partial charge in [0, 0.05) is 12.8 Å². The highest BCUT2D eigenvalue weighted by molar-refractivity contribution is 7.89. The monoisotopic (exact) mass is 299 g/mol. The van der Waals surface area contributed by atoms with E-state index in [-0.39, 0.29) is 18.6 Å². The SMILES string of the molecule is COc1ccc(CS(=O)(=O)NC(=O)CCCC=O)cc1. The first-order chi connectivity index (χ1) is 9.46. The third kappa shape index (κ3) is 5.83. The van der Waals surface area contributed by atoms with Gasteiger partial charge in [0.15, 0.2) is 0 Å². The van der Waals surface area contributed by atoms with Crippen molar-refractivity contribution in [1.29, 1.82) is 0 Å². The third-order valence-electron chi connectivity index (χ3n) is 2.51. The van der Waals surface area contributed by atoms with Gasteiger partial charge < -0.3 is 9.53 Å². The van der Waals surface area contributed by atoms with Gasteiger partial charge >= 0.3 is 0 Å². The van der Waals surface area contributed by atoms with E-state index in [9.17, 15) is 18.0 Å². The normalized spacial score (nSPS) is 10.8. The topological polar surface area (TPSA) is 89.5 Å². The molecule has 110 valence electrons. The van der Waals surface area contributed by atoms with Crippen molar-refractivity contribution in [3.8, 4) is 5.75 Å². The Balaban J connectivity index is 2.55. The number of amides is 1. The first-order valence-electron chi connectivity index (χ1n) is 6.07. The van der Waals surface area contributed by atoms with Gasteiger partial charge in [0.1, 0.15) is 12.0 Å². The summed E-state index contributed by atoms with van der Waals surface area (Å²) in [5, 5.41) is 0. The zero-order chi connectivity index (χ0) is 15.0. The van der Waals surface area contributed by atoms with Crippen LogP contribution in [0.2, 0.25) is 0 Å². The third-order valence-corrected chi connectivity index (χ3v) is 3.76. The van der Waals surface area contributed by atoms with Gasteiger partial charge in [-0.05, 0) is 24.1 Å². The summed E-state index contributed by atoms with van der Waals surface area (Å²) in [5.74, 6) is -0.249. The maximum absolute atomic E-state index is 11.8. The lowest BCUT2D eigenvalue weighted by molar-refractivity contribution is -0.119. The molecule has 1 aromatic rings. The van der Waals surface area contributed by atoms with Crippen molar-refractivity contribution >= 4 is 22.2 Å². The first kappa shape index (κ1) is 16.2. The molecular formula is C13H17NO5S. The molecule has 0 aliphatic rings. The van der Waals surface area contributed by atoms with Gasteiger partial charge in [0.25, 0.3) is 0 Å². The van der Waals surface area contributed by atoms with E-state index < -0.39 is 15.9 Å². The molecule has 0 aromatic heterocycles. The number of ether oxygens (including phenoxy) is 1. The average molecular weight is 299 g/mol. The fourth-order valence-corrected chi connectivity index (χ4v) is 2.70. The van der Waals surface area contributed by atoms with Crippen molar-refractivity contribution in [2.45, 2.75) is 25.0 Å². The van der Waals surface area contributed by atoms with Gasteiger partial charge in [-0.15, -0.1) is 0 Å². The van der Waals surface area contributed by atoms with Crippen LogP contribution in [0, 0.1) is 0 Å². The number of unbranched alkanes of at least 4 members (excludes halogenated alkanes) is 1. The van der Waals surface area contributed by atoms with E-state index in [2.05, 4.69) is 0 Å². The Hall–Kier alpha value is -1.89. The Morgan fingerprint density at radius 2 is 1.95 bits per heavy atom. The Morgan fingerprint density at radius 1 is 1.30 bits per heavy atom. The molecule has 0 fully saturated rings. The highest BCUT2D eigenvalue weighted by atomic mass is 32.2. The van der Waals surface area contributed by atoms with E-state index in [1.807, 2.05) is 4.72 Å². The van der Waals surface area contributed by atoms with E-state index in [1.54, 1.807) is 24.3 Å². The number of carbonyl (C=O) groups excluding carboxylic acids is 2. The van der Waals surface area contributed by atoms with Crippen molar-refractivity contribution in [3.05, 3.63) is 29.8 Å². The maximum Gasteiger partial charge on any atom is 0.239 e. The van der Waals surface area contributed by atoms with Crippen LogP contribution in [0.5, 0.6) is 5.75 Å². The standard InChI is InChI=1S/C13H17NO5S/c1-19-12-7-5-11(6-8-12)10-20(17,18)14-13(16)4-2-3-9-15/h5-9H,2-4,10H2,1H3,(H,14,16). The maximum atomic E-state index is 11.8. The molecule has 0 unspecified atom stereocenters. The molecule has 0 atom stereocenters. The Labute approximate surface area is 118 Å². The molecule has 1 amide bonds. The summed E-state index contributed by atoms with van der Waals surface area (Å²) in [6, 6.07) is 6.54. The van der Waals surface area contributed by atoms with Crippen LogP contribution in [0.25, 0.3) is 0 Å². The van der Waals surface area contributed by atoms with Crippen LogP contribution in [0.3, 0.4) is 0 Å². The summed E-state index contributed by atoms with van der Waals surface area (Å²) in [6.07, 6.45) is 1.29. The predicted octanol–water partition coefficient (Wildman–Crippen LogP) is 1.01. The predicted molar refractivity (Wildman–Crippen MR) is 73.7 cm³/mol. The number of methoxy groups -OCH3 is 1. The number of sulfonamides is 1. The van der Waals surface area contributed by atoms with Gasteiger partial charge in [0.2, 0.25) is 15.9 Å². The van der Waals surface area contributed by atoms with Crippen LogP contribution >= 0.6 is 0 Å². The molecule has 0 spiro atoms. The van der Waals surface area contributed by atoms with E-state index in [0.717, 1.165) is 0 Å². The molecule has 1 N–H and O–H groups in total. The number of rotatable bonds is 8. The highest BCUT2D eigenvalue weighted by Gasteiger charge is 2.15. The summed E-state index contributed by atoms with van der Waals surface area (Å²) in [6.45, 7) is 0. The zero-order valence-corrected chi connectivity index (χ0v) is 12.0. The summed E-state index contributed by atoms with van der Waals surface area (Å²) in [5.41, 5.74) is 0.555. The van der Waals surface area contributed by atoms with Crippen molar-refractivity contribution in [2.75, 3.05) is 7.11 Å². The van der Waals surface area contributed by atoms with Crippen molar-refractivity contribution < 1.29 is 22.7 Å². The molecule has 20 heavy (non-hydrogen) atoms. The van der Waals surface area contributed by atoms with Gasteiger partial charge in [-0.3, -0.25) is 9.52 Å². The lowest BCUT2D eigenvalue weighted by atomic mass is 10.2. The Kier molecular flexibility index (Phi) is 6.17. The minimum Gasteiger partial charge on any atom is -0.497 e. The van der Waals surface area contributed by atoms with E-state index in [0.29, 0.717) is 24.0 Å². The average Bonchev–Trinajstić information content (AvgIpc) is 2.38. The minimum absolute atomic E-state index is 0.0145. The van der Waals surface area contributed by atoms with E-state index in [1.165, 1.54) is 7.11 Å². The molecule has 0 bridgehead atoms. The van der Waals surface area contributed by atoms with Gasteiger partial charge in [-0.25, -0.2) is 8.42 Å².